The van der Waals surface area contributed by atoms with Crippen LogP contribution in [0, 0.1) is 5.92 Å². The van der Waals surface area contributed by atoms with Gasteiger partial charge in [0.05, 0.1) is 0 Å². The number of aromatic nitrogens is 2. The van der Waals surface area contributed by atoms with E-state index >= 15 is 0 Å². The van der Waals surface area contributed by atoms with E-state index in [0.717, 1.165) is 18.9 Å². The Labute approximate surface area is 93.1 Å². The SMILES string of the molecule is CC1CCN(c2cc(Cl)nc(Cl)n2)C1. The molecule has 1 aromatic rings. The van der Waals surface area contributed by atoms with Gasteiger partial charge in [-0.05, 0) is 23.9 Å². The minimum atomic E-state index is 0.215. The van der Waals surface area contributed by atoms with Crippen molar-refractivity contribution in [2.24, 2.45) is 5.92 Å². The summed E-state index contributed by atoms with van der Waals surface area (Å²) in [5.74, 6) is 1.54. The standard InChI is InChI=1S/C9H11Cl2N3/c1-6-2-3-14(5-6)8-4-7(10)12-9(11)13-8/h4,6H,2-3,5H2,1H3. The first-order chi connectivity index (χ1) is 6.65. The van der Waals surface area contributed by atoms with Gasteiger partial charge in [0.2, 0.25) is 5.28 Å². The van der Waals surface area contributed by atoms with Gasteiger partial charge in [-0.1, -0.05) is 18.5 Å². The molecule has 1 unspecified atom stereocenters. The van der Waals surface area contributed by atoms with Crippen LogP contribution in [0.5, 0.6) is 0 Å². The van der Waals surface area contributed by atoms with Crippen LogP contribution in [0.4, 0.5) is 5.82 Å². The Hall–Kier alpha value is -0.540. The number of nitrogens with zero attached hydrogens (tertiary/aromatic N) is 3. The lowest BCUT2D eigenvalue weighted by atomic mass is 10.2. The first-order valence-electron chi connectivity index (χ1n) is 4.60. The van der Waals surface area contributed by atoms with Crippen molar-refractivity contribution in [1.29, 1.82) is 0 Å². The number of hydrogen-bond donors (Lipinski definition) is 0. The summed E-state index contributed by atoms with van der Waals surface area (Å²) in [5, 5.41) is 0.617. The van der Waals surface area contributed by atoms with Crippen LogP contribution in [0.15, 0.2) is 6.07 Å². The molecule has 2 heterocycles. The molecule has 2 rings (SSSR count). The van der Waals surface area contributed by atoms with Crippen molar-refractivity contribution in [3.63, 3.8) is 0 Å². The van der Waals surface area contributed by atoms with Gasteiger partial charge >= 0.3 is 0 Å². The summed E-state index contributed by atoms with van der Waals surface area (Å²) in [4.78, 5) is 10.1. The molecule has 0 aliphatic carbocycles. The van der Waals surface area contributed by atoms with Crippen molar-refractivity contribution in [2.45, 2.75) is 13.3 Å². The molecule has 0 amide bonds. The molecule has 5 heteroatoms. The number of halogens is 2. The molecule has 0 radical (unpaired) electrons. The molecule has 0 aromatic carbocycles. The van der Waals surface area contributed by atoms with Crippen molar-refractivity contribution >= 4 is 29.0 Å². The van der Waals surface area contributed by atoms with Crippen molar-refractivity contribution in [3.8, 4) is 0 Å². The molecular weight excluding hydrogens is 221 g/mol. The Morgan fingerprint density at radius 3 is 2.79 bits per heavy atom. The van der Waals surface area contributed by atoms with Crippen molar-refractivity contribution < 1.29 is 0 Å². The molecule has 14 heavy (non-hydrogen) atoms. The molecule has 3 nitrogen and oxygen atoms in total. The zero-order chi connectivity index (χ0) is 10.1. The third-order valence-corrected chi connectivity index (χ3v) is 2.76. The first kappa shape index (κ1) is 9.99. The first-order valence-corrected chi connectivity index (χ1v) is 5.36. The largest absolute Gasteiger partial charge is 0.356 e. The predicted molar refractivity (Wildman–Crippen MR) is 58.0 cm³/mol. The van der Waals surface area contributed by atoms with Gasteiger partial charge in [-0.3, -0.25) is 0 Å². The molecule has 0 saturated carbocycles. The number of anilines is 1. The van der Waals surface area contributed by atoms with Gasteiger partial charge in [0.25, 0.3) is 0 Å². The summed E-state index contributed by atoms with van der Waals surface area (Å²) in [7, 11) is 0. The van der Waals surface area contributed by atoms with Crippen LogP contribution in [0.25, 0.3) is 0 Å². The summed E-state index contributed by atoms with van der Waals surface area (Å²) >= 11 is 11.5. The molecule has 1 atom stereocenters. The summed E-state index contributed by atoms with van der Waals surface area (Å²) in [6, 6.07) is 1.76. The number of hydrogen-bond acceptors (Lipinski definition) is 3. The van der Waals surface area contributed by atoms with Crippen molar-refractivity contribution in [2.75, 3.05) is 18.0 Å². The van der Waals surface area contributed by atoms with E-state index in [0.29, 0.717) is 11.1 Å². The Bertz CT molecular complexity index is 323. The average Bonchev–Trinajstić information content (AvgIpc) is 2.50. The van der Waals surface area contributed by atoms with Crippen LogP contribution in [0.1, 0.15) is 13.3 Å². The third-order valence-electron chi connectivity index (χ3n) is 2.40. The molecule has 0 spiro atoms. The Balaban J connectivity index is 2.23. The summed E-state index contributed by atoms with van der Waals surface area (Å²) in [6.07, 6.45) is 1.19. The molecule has 1 fully saturated rings. The quantitative estimate of drug-likeness (QED) is 0.550. The van der Waals surface area contributed by atoms with Crippen molar-refractivity contribution in [3.05, 3.63) is 16.5 Å². The molecular formula is C9H11Cl2N3. The van der Waals surface area contributed by atoms with Crippen LogP contribution in [-0.4, -0.2) is 23.1 Å². The fourth-order valence-electron chi connectivity index (χ4n) is 1.68. The third kappa shape index (κ3) is 2.10. The maximum atomic E-state index is 5.80. The topological polar surface area (TPSA) is 29.0 Å². The molecule has 1 aliphatic rings. The van der Waals surface area contributed by atoms with Gasteiger partial charge in [0, 0.05) is 19.2 Å². The maximum absolute atomic E-state index is 5.80. The molecule has 1 saturated heterocycles. The molecule has 0 bridgehead atoms. The van der Waals surface area contributed by atoms with E-state index < -0.39 is 0 Å². The minimum Gasteiger partial charge on any atom is -0.356 e. The van der Waals surface area contributed by atoms with Gasteiger partial charge in [-0.15, -0.1) is 0 Å². The van der Waals surface area contributed by atoms with Crippen LogP contribution < -0.4 is 4.90 Å². The normalized spacial score (nSPS) is 21.6. The van der Waals surface area contributed by atoms with E-state index in [-0.39, 0.29) is 5.28 Å². The monoisotopic (exact) mass is 231 g/mol. The fourth-order valence-corrected chi connectivity index (χ4v) is 2.08. The lowest BCUT2D eigenvalue weighted by Gasteiger charge is -2.16. The zero-order valence-corrected chi connectivity index (χ0v) is 9.39. The maximum Gasteiger partial charge on any atom is 0.225 e. The van der Waals surface area contributed by atoms with Crippen LogP contribution in [-0.2, 0) is 0 Å². The van der Waals surface area contributed by atoms with E-state index in [9.17, 15) is 0 Å². The van der Waals surface area contributed by atoms with E-state index in [1.54, 1.807) is 6.07 Å². The Morgan fingerprint density at radius 2 is 2.21 bits per heavy atom. The smallest absolute Gasteiger partial charge is 0.225 e. The van der Waals surface area contributed by atoms with Gasteiger partial charge in [-0.25, -0.2) is 9.97 Å². The number of rotatable bonds is 1. The zero-order valence-electron chi connectivity index (χ0n) is 7.87. The second-order valence-electron chi connectivity index (χ2n) is 3.66. The van der Waals surface area contributed by atoms with Crippen LogP contribution >= 0.6 is 23.2 Å². The molecule has 1 aliphatic heterocycles. The summed E-state index contributed by atoms with van der Waals surface area (Å²) in [5.41, 5.74) is 0. The predicted octanol–water partition coefficient (Wildman–Crippen LogP) is 2.63. The Morgan fingerprint density at radius 1 is 1.43 bits per heavy atom. The highest BCUT2D eigenvalue weighted by atomic mass is 35.5. The van der Waals surface area contributed by atoms with Gasteiger partial charge in [0.1, 0.15) is 11.0 Å². The van der Waals surface area contributed by atoms with Gasteiger partial charge < -0.3 is 4.90 Å². The summed E-state index contributed by atoms with van der Waals surface area (Å²) < 4.78 is 0. The lowest BCUT2D eigenvalue weighted by molar-refractivity contribution is 0.659. The summed E-state index contributed by atoms with van der Waals surface area (Å²) in [6.45, 7) is 4.26. The molecule has 0 N–H and O–H groups in total. The van der Waals surface area contributed by atoms with Crippen molar-refractivity contribution in [1.82, 2.24) is 9.97 Å². The average molecular weight is 232 g/mol. The lowest BCUT2D eigenvalue weighted by Crippen LogP contribution is -2.20. The molecule has 76 valence electrons. The second kappa shape index (κ2) is 3.91. The highest BCUT2D eigenvalue weighted by Gasteiger charge is 2.20. The molecule has 1 aromatic heterocycles. The van der Waals surface area contributed by atoms with Crippen LogP contribution in [0.3, 0.4) is 0 Å². The van der Waals surface area contributed by atoms with Gasteiger partial charge in [-0.2, -0.15) is 0 Å². The minimum absolute atomic E-state index is 0.215. The van der Waals surface area contributed by atoms with E-state index in [4.69, 9.17) is 23.2 Å². The second-order valence-corrected chi connectivity index (χ2v) is 4.38. The van der Waals surface area contributed by atoms with E-state index in [1.165, 1.54) is 6.42 Å². The fraction of sp³-hybridized carbons (Fsp3) is 0.556. The van der Waals surface area contributed by atoms with Crippen LogP contribution in [0.2, 0.25) is 10.4 Å². The highest BCUT2D eigenvalue weighted by Crippen LogP contribution is 2.24. The van der Waals surface area contributed by atoms with E-state index in [2.05, 4.69) is 21.8 Å². The Kier molecular flexibility index (Phi) is 2.79. The van der Waals surface area contributed by atoms with E-state index in [1.807, 2.05) is 0 Å². The highest BCUT2D eigenvalue weighted by molar-refractivity contribution is 6.32. The van der Waals surface area contributed by atoms with Gasteiger partial charge in [0.15, 0.2) is 0 Å².